The number of nitrogens with one attached hydrogen (secondary N) is 1. The number of para-hydroxylation sites is 1. The summed E-state index contributed by atoms with van der Waals surface area (Å²) < 4.78 is 7.26. The zero-order valence-electron chi connectivity index (χ0n) is 11.9. The van der Waals surface area contributed by atoms with Gasteiger partial charge in [0.2, 0.25) is 5.91 Å². The van der Waals surface area contributed by atoms with Gasteiger partial charge in [0.15, 0.2) is 0 Å². The molecular weight excluding hydrogens is 266 g/mol. The monoisotopic (exact) mass is 283 g/mol. The number of amides is 1. The van der Waals surface area contributed by atoms with E-state index in [1.807, 2.05) is 54.2 Å². The number of fused-ring (bicyclic) bond motifs is 1. The van der Waals surface area contributed by atoms with E-state index in [0.717, 1.165) is 22.4 Å². The van der Waals surface area contributed by atoms with Gasteiger partial charge in [-0.05, 0) is 25.1 Å². The zero-order valence-corrected chi connectivity index (χ0v) is 11.9. The summed E-state index contributed by atoms with van der Waals surface area (Å²) in [5.41, 5.74) is 1.05. The minimum atomic E-state index is -0.0105. The van der Waals surface area contributed by atoms with Crippen LogP contribution in [0.25, 0.3) is 10.9 Å². The molecule has 0 bridgehead atoms. The summed E-state index contributed by atoms with van der Waals surface area (Å²) in [7, 11) is 0. The van der Waals surface area contributed by atoms with Crippen LogP contribution in [0.15, 0.2) is 47.0 Å². The van der Waals surface area contributed by atoms with Crippen LogP contribution in [0.5, 0.6) is 0 Å². The number of hydrogen-bond acceptors (Lipinski definition) is 3. The maximum absolute atomic E-state index is 11.9. The molecule has 5 nitrogen and oxygen atoms in total. The van der Waals surface area contributed by atoms with Gasteiger partial charge in [0, 0.05) is 11.8 Å². The number of aryl methyl sites for hydroxylation is 2. The topological polar surface area (TPSA) is 60.1 Å². The summed E-state index contributed by atoms with van der Waals surface area (Å²) in [5, 5.41) is 8.24. The predicted octanol–water partition coefficient (Wildman–Crippen LogP) is 2.64. The summed E-state index contributed by atoms with van der Waals surface area (Å²) in [4.78, 5) is 11.9. The minimum absolute atomic E-state index is 0.0105. The fraction of sp³-hybridized carbons (Fsp3) is 0.250. The Labute approximate surface area is 122 Å². The van der Waals surface area contributed by atoms with Crippen LogP contribution >= 0.6 is 0 Å². The second-order valence-corrected chi connectivity index (χ2v) is 4.97. The van der Waals surface area contributed by atoms with E-state index >= 15 is 0 Å². The fourth-order valence-electron chi connectivity index (χ4n) is 2.27. The molecule has 108 valence electrons. The maximum atomic E-state index is 11.9. The van der Waals surface area contributed by atoms with E-state index < -0.39 is 0 Å². The summed E-state index contributed by atoms with van der Waals surface area (Å²) in [5.74, 6) is 1.61. The van der Waals surface area contributed by atoms with Crippen molar-refractivity contribution < 1.29 is 9.21 Å². The Hall–Kier alpha value is -2.56. The third-order valence-electron chi connectivity index (χ3n) is 3.36. The number of carbonyl (C=O) groups is 1. The molecule has 5 heteroatoms. The van der Waals surface area contributed by atoms with Crippen LogP contribution in [0.1, 0.15) is 17.9 Å². The number of rotatable bonds is 5. The summed E-state index contributed by atoms with van der Waals surface area (Å²) in [6.07, 6.45) is 2.21. The summed E-state index contributed by atoms with van der Waals surface area (Å²) >= 11 is 0. The Morgan fingerprint density at radius 2 is 2.14 bits per heavy atom. The summed E-state index contributed by atoms with van der Waals surface area (Å²) in [6.45, 7) is 2.87. The first-order valence-corrected chi connectivity index (χ1v) is 6.95. The molecule has 0 aliphatic rings. The van der Waals surface area contributed by atoms with E-state index in [-0.39, 0.29) is 5.91 Å². The molecule has 0 radical (unpaired) electrons. The van der Waals surface area contributed by atoms with Crippen LogP contribution in [0.3, 0.4) is 0 Å². The van der Waals surface area contributed by atoms with Gasteiger partial charge in [0.1, 0.15) is 11.5 Å². The average molecular weight is 283 g/mol. The summed E-state index contributed by atoms with van der Waals surface area (Å²) in [6, 6.07) is 11.7. The number of furan rings is 1. The Bertz CT molecular complexity index is 758. The van der Waals surface area contributed by atoms with Crippen molar-refractivity contribution in [2.45, 2.75) is 26.4 Å². The van der Waals surface area contributed by atoms with Gasteiger partial charge >= 0.3 is 0 Å². The third-order valence-corrected chi connectivity index (χ3v) is 3.36. The highest BCUT2D eigenvalue weighted by molar-refractivity contribution is 5.79. The highest BCUT2D eigenvalue weighted by atomic mass is 16.3. The van der Waals surface area contributed by atoms with Gasteiger partial charge in [-0.1, -0.05) is 18.2 Å². The molecule has 1 N–H and O–H groups in total. The van der Waals surface area contributed by atoms with Crippen molar-refractivity contribution in [2.75, 3.05) is 0 Å². The molecule has 21 heavy (non-hydrogen) atoms. The van der Waals surface area contributed by atoms with Crippen LogP contribution in [-0.4, -0.2) is 15.7 Å². The molecule has 1 amide bonds. The lowest BCUT2D eigenvalue weighted by molar-refractivity contribution is -0.121. The van der Waals surface area contributed by atoms with E-state index in [1.54, 1.807) is 0 Å². The Morgan fingerprint density at radius 3 is 2.95 bits per heavy atom. The SMILES string of the molecule is Cc1ccc(CNC(=O)CCn2ncc3ccccc32)o1. The molecule has 2 aromatic heterocycles. The predicted molar refractivity (Wildman–Crippen MR) is 79.6 cm³/mol. The molecular formula is C16H17N3O2. The first-order chi connectivity index (χ1) is 10.2. The molecule has 0 saturated carbocycles. The van der Waals surface area contributed by atoms with Crippen molar-refractivity contribution in [1.82, 2.24) is 15.1 Å². The van der Waals surface area contributed by atoms with E-state index in [1.165, 1.54) is 0 Å². The molecule has 3 aromatic rings. The lowest BCUT2D eigenvalue weighted by atomic mass is 10.2. The standard InChI is InChI=1S/C16H17N3O2/c1-12-6-7-14(21-12)11-17-16(20)8-9-19-15-5-3-2-4-13(15)10-18-19/h2-7,10H,8-9,11H2,1H3,(H,17,20). The highest BCUT2D eigenvalue weighted by Crippen LogP contribution is 2.12. The van der Waals surface area contributed by atoms with Gasteiger partial charge < -0.3 is 9.73 Å². The first-order valence-electron chi connectivity index (χ1n) is 6.95. The Morgan fingerprint density at radius 1 is 1.29 bits per heavy atom. The second-order valence-electron chi connectivity index (χ2n) is 4.97. The fourth-order valence-corrected chi connectivity index (χ4v) is 2.27. The number of benzene rings is 1. The van der Waals surface area contributed by atoms with Gasteiger partial charge in [0.25, 0.3) is 0 Å². The number of aromatic nitrogens is 2. The molecule has 0 aliphatic carbocycles. The first kappa shape index (κ1) is 13.4. The molecule has 2 heterocycles. The number of hydrogen-bond donors (Lipinski definition) is 1. The van der Waals surface area contributed by atoms with Crippen molar-refractivity contribution in [3.8, 4) is 0 Å². The van der Waals surface area contributed by atoms with E-state index in [4.69, 9.17) is 4.42 Å². The van der Waals surface area contributed by atoms with E-state index in [2.05, 4.69) is 10.4 Å². The quantitative estimate of drug-likeness (QED) is 0.783. The van der Waals surface area contributed by atoms with E-state index in [0.29, 0.717) is 19.5 Å². The van der Waals surface area contributed by atoms with Crippen LogP contribution in [0.4, 0.5) is 0 Å². The van der Waals surface area contributed by atoms with Crippen molar-refractivity contribution in [1.29, 1.82) is 0 Å². The molecule has 0 aliphatic heterocycles. The molecule has 0 spiro atoms. The van der Waals surface area contributed by atoms with Gasteiger partial charge in [-0.25, -0.2) is 0 Å². The maximum Gasteiger partial charge on any atom is 0.222 e. The van der Waals surface area contributed by atoms with Crippen molar-refractivity contribution in [2.24, 2.45) is 0 Å². The van der Waals surface area contributed by atoms with Crippen LogP contribution in [0, 0.1) is 6.92 Å². The highest BCUT2D eigenvalue weighted by Gasteiger charge is 2.06. The van der Waals surface area contributed by atoms with Gasteiger partial charge in [-0.2, -0.15) is 5.10 Å². The zero-order chi connectivity index (χ0) is 14.7. The lowest BCUT2D eigenvalue weighted by Crippen LogP contribution is -2.23. The lowest BCUT2D eigenvalue weighted by Gasteiger charge is -2.05. The second kappa shape index (κ2) is 5.83. The largest absolute Gasteiger partial charge is 0.465 e. The third kappa shape index (κ3) is 3.13. The smallest absolute Gasteiger partial charge is 0.222 e. The van der Waals surface area contributed by atoms with Crippen LogP contribution < -0.4 is 5.32 Å². The van der Waals surface area contributed by atoms with E-state index in [9.17, 15) is 4.79 Å². The Kier molecular flexibility index (Phi) is 3.73. The van der Waals surface area contributed by atoms with Crippen molar-refractivity contribution >= 4 is 16.8 Å². The molecule has 0 saturated heterocycles. The van der Waals surface area contributed by atoms with Crippen molar-refractivity contribution in [3.05, 3.63) is 54.1 Å². The molecule has 0 unspecified atom stereocenters. The normalized spacial score (nSPS) is 10.9. The van der Waals surface area contributed by atoms with Crippen LogP contribution in [-0.2, 0) is 17.9 Å². The molecule has 0 atom stereocenters. The number of nitrogens with zero attached hydrogens (tertiary/aromatic N) is 2. The van der Waals surface area contributed by atoms with Crippen molar-refractivity contribution in [3.63, 3.8) is 0 Å². The molecule has 0 fully saturated rings. The van der Waals surface area contributed by atoms with Gasteiger partial charge in [-0.3, -0.25) is 9.48 Å². The molecule has 3 rings (SSSR count). The van der Waals surface area contributed by atoms with Gasteiger partial charge in [0.05, 0.1) is 24.8 Å². The Balaban J connectivity index is 1.54. The minimum Gasteiger partial charge on any atom is -0.465 e. The number of carbonyl (C=O) groups excluding carboxylic acids is 1. The average Bonchev–Trinajstić information content (AvgIpc) is 3.09. The molecule has 1 aromatic carbocycles. The van der Waals surface area contributed by atoms with Gasteiger partial charge in [-0.15, -0.1) is 0 Å². The van der Waals surface area contributed by atoms with Crippen LogP contribution in [0.2, 0.25) is 0 Å².